The SMILES string of the molecule is CC(C)CNCC1C(C)(C)C12CCCC(C)C2. The van der Waals surface area contributed by atoms with E-state index in [1.54, 1.807) is 0 Å². The molecule has 2 saturated carbocycles. The number of rotatable bonds is 4. The van der Waals surface area contributed by atoms with Crippen LogP contribution in [-0.2, 0) is 0 Å². The molecular weight excluding hydrogens is 206 g/mol. The molecule has 0 saturated heterocycles. The highest BCUT2D eigenvalue weighted by atomic mass is 14.9. The molecule has 0 amide bonds. The highest BCUT2D eigenvalue weighted by Crippen LogP contribution is 2.74. The number of hydrogen-bond acceptors (Lipinski definition) is 1. The summed E-state index contributed by atoms with van der Waals surface area (Å²) >= 11 is 0. The highest BCUT2D eigenvalue weighted by molar-refractivity contribution is 5.18. The van der Waals surface area contributed by atoms with Crippen molar-refractivity contribution in [2.75, 3.05) is 13.1 Å². The van der Waals surface area contributed by atoms with Gasteiger partial charge in [-0.1, -0.05) is 47.5 Å². The molecule has 2 rings (SSSR count). The molecule has 2 aliphatic rings. The second kappa shape index (κ2) is 4.57. The first-order valence-corrected chi connectivity index (χ1v) is 7.61. The minimum absolute atomic E-state index is 0.589. The zero-order valence-corrected chi connectivity index (χ0v) is 12.5. The summed E-state index contributed by atoms with van der Waals surface area (Å²) < 4.78 is 0. The fourth-order valence-corrected chi connectivity index (χ4v) is 4.52. The van der Waals surface area contributed by atoms with Crippen molar-refractivity contribution in [2.24, 2.45) is 28.6 Å². The van der Waals surface area contributed by atoms with Crippen LogP contribution >= 0.6 is 0 Å². The Labute approximate surface area is 108 Å². The molecule has 3 unspecified atom stereocenters. The molecule has 2 aliphatic carbocycles. The molecule has 17 heavy (non-hydrogen) atoms. The Kier molecular flexibility index (Phi) is 3.60. The van der Waals surface area contributed by atoms with Gasteiger partial charge in [0.25, 0.3) is 0 Å². The highest BCUT2D eigenvalue weighted by Gasteiger charge is 2.69. The van der Waals surface area contributed by atoms with E-state index < -0.39 is 0 Å². The zero-order chi connectivity index (χ0) is 12.7. The molecule has 2 fully saturated rings. The molecular formula is C16H31N. The molecule has 1 heteroatoms. The van der Waals surface area contributed by atoms with Crippen LogP contribution in [-0.4, -0.2) is 13.1 Å². The van der Waals surface area contributed by atoms with Crippen molar-refractivity contribution in [3.8, 4) is 0 Å². The third-order valence-electron chi connectivity index (χ3n) is 5.67. The maximum Gasteiger partial charge on any atom is -0.000956 e. The van der Waals surface area contributed by atoms with Crippen LogP contribution in [0, 0.1) is 28.6 Å². The lowest BCUT2D eigenvalue weighted by atomic mass is 9.75. The van der Waals surface area contributed by atoms with Gasteiger partial charge in [-0.25, -0.2) is 0 Å². The van der Waals surface area contributed by atoms with Gasteiger partial charge in [-0.15, -0.1) is 0 Å². The van der Waals surface area contributed by atoms with Crippen molar-refractivity contribution in [1.29, 1.82) is 0 Å². The van der Waals surface area contributed by atoms with Gasteiger partial charge >= 0.3 is 0 Å². The molecule has 100 valence electrons. The van der Waals surface area contributed by atoms with E-state index in [9.17, 15) is 0 Å². The van der Waals surface area contributed by atoms with Crippen LogP contribution in [0.4, 0.5) is 0 Å². The van der Waals surface area contributed by atoms with Gasteiger partial charge in [0.1, 0.15) is 0 Å². The van der Waals surface area contributed by atoms with E-state index in [2.05, 4.69) is 39.9 Å². The minimum Gasteiger partial charge on any atom is -0.316 e. The Morgan fingerprint density at radius 2 is 2.00 bits per heavy atom. The maximum atomic E-state index is 3.69. The summed E-state index contributed by atoms with van der Waals surface area (Å²) in [5.41, 5.74) is 1.28. The second-order valence-corrected chi connectivity index (χ2v) is 7.68. The van der Waals surface area contributed by atoms with E-state index >= 15 is 0 Å². The molecule has 0 aliphatic heterocycles. The summed E-state index contributed by atoms with van der Waals surface area (Å²) in [4.78, 5) is 0. The van der Waals surface area contributed by atoms with E-state index in [-0.39, 0.29) is 0 Å². The number of hydrogen-bond donors (Lipinski definition) is 1. The molecule has 1 spiro atoms. The third kappa shape index (κ3) is 2.28. The van der Waals surface area contributed by atoms with Crippen LogP contribution in [0.2, 0.25) is 0 Å². The molecule has 0 bridgehead atoms. The lowest BCUT2D eigenvalue weighted by molar-refractivity contribution is 0.208. The first kappa shape index (κ1) is 13.4. The van der Waals surface area contributed by atoms with Crippen LogP contribution in [0.5, 0.6) is 0 Å². The van der Waals surface area contributed by atoms with Gasteiger partial charge in [-0.2, -0.15) is 0 Å². The summed E-state index contributed by atoms with van der Waals surface area (Å²) in [6.45, 7) is 14.5. The van der Waals surface area contributed by atoms with E-state index in [0.29, 0.717) is 10.8 Å². The van der Waals surface area contributed by atoms with E-state index in [0.717, 1.165) is 17.8 Å². The van der Waals surface area contributed by atoms with Gasteiger partial charge in [-0.05, 0) is 54.5 Å². The van der Waals surface area contributed by atoms with E-state index in [1.807, 2.05) is 0 Å². The first-order valence-electron chi connectivity index (χ1n) is 7.61. The lowest BCUT2D eigenvalue weighted by Gasteiger charge is -2.30. The molecule has 0 aromatic rings. The molecule has 0 aromatic heterocycles. The average molecular weight is 237 g/mol. The summed E-state index contributed by atoms with van der Waals surface area (Å²) in [7, 11) is 0. The van der Waals surface area contributed by atoms with Gasteiger partial charge in [-0.3, -0.25) is 0 Å². The van der Waals surface area contributed by atoms with Gasteiger partial charge in [0, 0.05) is 0 Å². The standard InChI is InChI=1S/C16H31N/c1-12(2)10-17-11-14-15(4,5)16(14)8-6-7-13(3)9-16/h12-14,17H,6-11H2,1-5H3. The summed E-state index contributed by atoms with van der Waals surface area (Å²) in [6, 6.07) is 0. The largest absolute Gasteiger partial charge is 0.316 e. The van der Waals surface area contributed by atoms with Crippen molar-refractivity contribution in [2.45, 2.75) is 60.3 Å². The van der Waals surface area contributed by atoms with E-state index in [1.165, 1.54) is 38.8 Å². The molecule has 1 nitrogen and oxygen atoms in total. The van der Waals surface area contributed by atoms with Gasteiger partial charge < -0.3 is 5.32 Å². The van der Waals surface area contributed by atoms with Crippen LogP contribution in [0.1, 0.15) is 60.3 Å². The Hall–Kier alpha value is -0.0400. The van der Waals surface area contributed by atoms with Gasteiger partial charge in [0.15, 0.2) is 0 Å². The zero-order valence-electron chi connectivity index (χ0n) is 12.5. The normalized spacial score (nSPS) is 39.9. The second-order valence-electron chi connectivity index (χ2n) is 7.68. The van der Waals surface area contributed by atoms with Crippen LogP contribution in [0.25, 0.3) is 0 Å². The quantitative estimate of drug-likeness (QED) is 0.776. The number of nitrogens with one attached hydrogen (secondary N) is 1. The van der Waals surface area contributed by atoms with Gasteiger partial charge in [0.05, 0.1) is 0 Å². The van der Waals surface area contributed by atoms with Crippen molar-refractivity contribution in [1.82, 2.24) is 5.32 Å². The Balaban J connectivity index is 1.90. The molecule has 0 aromatic carbocycles. The molecule has 3 atom stereocenters. The summed E-state index contributed by atoms with van der Waals surface area (Å²) in [5.74, 6) is 2.66. The van der Waals surface area contributed by atoms with Gasteiger partial charge in [0.2, 0.25) is 0 Å². The smallest absolute Gasteiger partial charge is 0.000956 e. The Bertz CT molecular complexity index is 269. The first-order chi connectivity index (χ1) is 7.90. The fourth-order valence-electron chi connectivity index (χ4n) is 4.52. The maximum absolute atomic E-state index is 3.69. The predicted octanol–water partition coefficient (Wildman–Crippen LogP) is 4.08. The van der Waals surface area contributed by atoms with Crippen LogP contribution in [0.15, 0.2) is 0 Å². The minimum atomic E-state index is 0.589. The molecule has 1 N–H and O–H groups in total. The predicted molar refractivity (Wildman–Crippen MR) is 75.0 cm³/mol. The molecule has 0 heterocycles. The van der Waals surface area contributed by atoms with Crippen LogP contribution < -0.4 is 5.32 Å². The Morgan fingerprint density at radius 3 is 2.59 bits per heavy atom. The van der Waals surface area contributed by atoms with Crippen molar-refractivity contribution >= 4 is 0 Å². The topological polar surface area (TPSA) is 12.0 Å². The Morgan fingerprint density at radius 1 is 1.29 bits per heavy atom. The summed E-state index contributed by atoms with van der Waals surface area (Å²) in [6.07, 6.45) is 5.89. The average Bonchev–Trinajstić information content (AvgIpc) is 2.63. The van der Waals surface area contributed by atoms with Crippen molar-refractivity contribution in [3.05, 3.63) is 0 Å². The lowest BCUT2D eigenvalue weighted by Crippen LogP contribution is -2.25. The van der Waals surface area contributed by atoms with Crippen molar-refractivity contribution in [3.63, 3.8) is 0 Å². The van der Waals surface area contributed by atoms with Crippen molar-refractivity contribution < 1.29 is 0 Å². The third-order valence-corrected chi connectivity index (χ3v) is 5.67. The molecule has 0 radical (unpaired) electrons. The fraction of sp³-hybridized carbons (Fsp3) is 1.00. The summed E-state index contributed by atoms with van der Waals surface area (Å²) in [5, 5.41) is 3.69. The van der Waals surface area contributed by atoms with Crippen LogP contribution in [0.3, 0.4) is 0 Å². The monoisotopic (exact) mass is 237 g/mol. The van der Waals surface area contributed by atoms with E-state index in [4.69, 9.17) is 0 Å².